The van der Waals surface area contributed by atoms with E-state index < -0.39 is 5.97 Å². The predicted octanol–water partition coefficient (Wildman–Crippen LogP) is 1.10. The first-order valence-corrected chi connectivity index (χ1v) is 9.57. The van der Waals surface area contributed by atoms with Gasteiger partial charge in [0.2, 0.25) is 5.75 Å². The van der Waals surface area contributed by atoms with Gasteiger partial charge in [-0.3, -0.25) is 9.59 Å². The number of nitrogens with zero attached hydrogens (tertiary/aromatic N) is 2. The molecule has 2 amide bonds. The molecule has 0 spiro atoms. The van der Waals surface area contributed by atoms with Gasteiger partial charge in [0.25, 0.3) is 5.91 Å². The van der Waals surface area contributed by atoms with Gasteiger partial charge in [0.05, 0.1) is 34.4 Å². The Morgan fingerprint density at radius 1 is 0.867 bits per heavy atom. The Labute approximate surface area is 175 Å². The molecule has 1 aromatic rings. The van der Waals surface area contributed by atoms with Gasteiger partial charge in [-0.15, -0.1) is 0 Å². The van der Waals surface area contributed by atoms with Crippen molar-refractivity contribution in [3.8, 4) is 17.2 Å². The number of ether oxygens (including phenoxy) is 5. The summed E-state index contributed by atoms with van der Waals surface area (Å²) < 4.78 is 25.9. The van der Waals surface area contributed by atoms with Gasteiger partial charge in [0.1, 0.15) is 0 Å². The summed E-state index contributed by atoms with van der Waals surface area (Å²) in [6, 6.07) is 3.30. The number of piperazine rings is 1. The molecule has 10 heteroatoms. The largest absolute Gasteiger partial charge is 0.493 e. The highest BCUT2D eigenvalue weighted by Crippen LogP contribution is 2.38. The summed E-state index contributed by atoms with van der Waals surface area (Å²) >= 11 is 0. The Hall–Kier alpha value is -3.17. The molecule has 2 rings (SSSR count). The molecule has 1 fully saturated rings. The molecular formula is C20H28N2O8. The van der Waals surface area contributed by atoms with Gasteiger partial charge in [-0.05, 0) is 24.6 Å². The van der Waals surface area contributed by atoms with Crippen LogP contribution in [0.4, 0.5) is 4.79 Å². The number of hydrogen-bond donors (Lipinski definition) is 0. The van der Waals surface area contributed by atoms with Crippen LogP contribution in [0.15, 0.2) is 12.1 Å². The van der Waals surface area contributed by atoms with Gasteiger partial charge in [-0.25, -0.2) is 4.79 Å². The minimum atomic E-state index is -0.553. The van der Waals surface area contributed by atoms with Crippen LogP contribution in [0.25, 0.3) is 0 Å². The van der Waals surface area contributed by atoms with E-state index in [1.165, 1.54) is 21.3 Å². The molecule has 10 nitrogen and oxygen atoms in total. The lowest BCUT2D eigenvalue weighted by molar-refractivity contribution is -0.152. The molecule has 0 saturated carbocycles. The Morgan fingerprint density at radius 3 is 1.93 bits per heavy atom. The molecule has 0 bridgehead atoms. The van der Waals surface area contributed by atoms with Crippen LogP contribution < -0.4 is 14.2 Å². The molecule has 0 radical (unpaired) electrons. The van der Waals surface area contributed by atoms with Crippen LogP contribution in [0.5, 0.6) is 17.2 Å². The molecule has 30 heavy (non-hydrogen) atoms. The molecule has 1 aromatic carbocycles. The second-order valence-electron chi connectivity index (χ2n) is 6.44. The predicted molar refractivity (Wildman–Crippen MR) is 106 cm³/mol. The summed E-state index contributed by atoms with van der Waals surface area (Å²) in [5.41, 5.74) is 0.602. The second kappa shape index (κ2) is 11.1. The molecule has 166 valence electrons. The van der Waals surface area contributed by atoms with E-state index in [0.717, 1.165) is 0 Å². The van der Waals surface area contributed by atoms with Gasteiger partial charge in [0.15, 0.2) is 18.1 Å². The third-order valence-corrected chi connectivity index (χ3v) is 4.59. The number of benzene rings is 1. The number of rotatable bonds is 8. The zero-order chi connectivity index (χ0) is 22.1. The molecule has 1 heterocycles. The summed E-state index contributed by atoms with van der Waals surface area (Å²) in [4.78, 5) is 39.3. The molecule has 0 aliphatic carbocycles. The summed E-state index contributed by atoms with van der Waals surface area (Å²) in [5.74, 6) is 0.416. The Bertz CT molecular complexity index is 734. The van der Waals surface area contributed by atoms with Crippen molar-refractivity contribution in [2.45, 2.75) is 13.3 Å². The van der Waals surface area contributed by atoms with Crippen molar-refractivity contribution in [2.24, 2.45) is 0 Å². The van der Waals surface area contributed by atoms with Crippen LogP contribution in [0.1, 0.15) is 12.5 Å². The number of methoxy groups -OCH3 is 3. The first kappa shape index (κ1) is 23.1. The maximum Gasteiger partial charge on any atom is 0.409 e. The van der Waals surface area contributed by atoms with E-state index in [0.29, 0.717) is 55.6 Å². The third kappa shape index (κ3) is 5.91. The number of amides is 2. The Balaban J connectivity index is 1.85. The molecule has 0 atom stereocenters. The lowest BCUT2D eigenvalue weighted by Crippen LogP contribution is -2.51. The number of esters is 1. The Kier molecular flexibility index (Phi) is 8.57. The van der Waals surface area contributed by atoms with E-state index in [9.17, 15) is 14.4 Å². The van der Waals surface area contributed by atoms with Crippen molar-refractivity contribution in [1.29, 1.82) is 0 Å². The summed E-state index contributed by atoms with van der Waals surface area (Å²) in [6.45, 7) is 3.17. The van der Waals surface area contributed by atoms with E-state index in [2.05, 4.69) is 0 Å². The highest BCUT2D eigenvalue weighted by atomic mass is 16.6. The van der Waals surface area contributed by atoms with E-state index in [-0.39, 0.29) is 25.0 Å². The van der Waals surface area contributed by atoms with E-state index >= 15 is 0 Å². The van der Waals surface area contributed by atoms with Crippen molar-refractivity contribution in [3.63, 3.8) is 0 Å². The molecular weight excluding hydrogens is 396 g/mol. The molecule has 1 saturated heterocycles. The normalized spacial score (nSPS) is 13.5. The fourth-order valence-electron chi connectivity index (χ4n) is 3.04. The van der Waals surface area contributed by atoms with Crippen LogP contribution in [-0.4, -0.2) is 88.5 Å². The van der Waals surface area contributed by atoms with Crippen molar-refractivity contribution in [3.05, 3.63) is 17.7 Å². The summed E-state index contributed by atoms with van der Waals surface area (Å²) in [6.07, 6.45) is -0.443. The van der Waals surface area contributed by atoms with Gasteiger partial charge >= 0.3 is 12.1 Å². The number of carbonyl (C=O) groups is 3. The molecule has 0 N–H and O–H groups in total. The molecule has 1 aliphatic rings. The second-order valence-corrected chi connectivity index (χ2v) is 6.44. The fourth-order valence-corrected chi connectivity index (χ4v) is 3.04. The lowest BCUT2D eigenvalue weighted by Gasteiger charge is -2.33. The minimum absolute atomic E-state index is 0.0549. The molecule has 0 unspecified atom stereocenters. The highest BCUT2D eigenvalue weighted by Gasteiger charge is 2.25. The first-order valence-electron chi connectivity index (χ1n) is 9.57. The zero-order valence-electron chi connectivity index (χ0n) is 17.8. The van der Waals surface area contributed by atoms with E-state index in [1.807, 2.05) is 0 Å². The highest BCUT2D eigenvalue weighted by molar-refractivity contribution is 5.82. The van der Waals surface area contributed by atoms with Crippen molar-refractivity contribution >= 4 is 18.0 Å². The average molecular weight is 424 g/mol. The summed E-state index contributed by atoms with van der Waals surface area (Å²) in [5, 5.41) is 0. The maximum atomic E-state index is 12.3. The van der Waals surface area contributed by atoms with Crippen LogP contribution in [0, 0.1) is 0 Å². The third-order valence-electron chi connectivity index (χ3n) is 4.59. The molecule has 0 aromatic heterocycles. The van der Waals surface area contributed by atoms with E-state index in [4.69, 9.17) is 23.7 Å². The van der Waals surface area contributed by atoms with Crippen LogP contribution in [-0.2, 0) is 25.5 Å². The topological polar surface area (TPSA) is 104 Å². The average Bonchev–Trinajstić information content (AvgIpc) is 2.76. The minimum Gasteiger partial charge on any atom is -0.493 e. The number of carbonyl (C=O) groups excluding carboxylic acids is 3. The SMILES string of the molecule is CCOC(=O)N1CCN(C(=O)COC(=O)Cc2cc(OC)c(OC)c(OC)c2)CC1. The summed E-state index contributed by atoms with van der Waals surface area (Å²) in [7, 11) is 4.46. The van der Waals surface area contributed by atoms with Crippen molar-refractivity contribution in [1.82, 2.24) is 9.80 Å². The van der Waals surface area contributed by atoms with Gasteiger partial charge in [-0.1, -0.05) is 0 Å². The molecule has 1 aliphatic heterocycles. The lowest BCUT2D eigenvalue weighted by atomic mass is 10.1. The van der Waals surface area contributed by atoms with Crippen LogP contribution in [0.2, 0.25) is 0 Å². The zero-order valence-corrected chi connectivity index (χ0v) is 17.8. The monoisotopic (exact) mass is 424 g/mol. The maximum absolute atomic E-state index is 12.3. The smallest absolute Gasteiger partial charge is 0.409 e. The van der Waals surface area contributed by atoms with Crippen LogP contribution >= 0.6 is 0 Å². The number of hydrogen-bond acceptors (Lipinski definition) is 8. The van der Waals surface area contributed by atoms with Gasteiger partial charge < -0.3 is 33.5 Å². The fraction of sp³-hybridized carbons (Fsp3) is 0.550. The van der Waals surface area contributed by atoms with Crippen molar-refractivity contribution in [2.75, 3.05) is 60.7 Å². The van der Waals surface area contributed by atoms with Crippen molar-refractivity contribution < 1.29 is 38.1 Å². The Morgan fingerprint density at radius 2 is 1.43 bits per heavy atom. The standard InChI is InChI=1S/C20H28N2O8/c1-5-29-20(25)22-8-6-21(7-9-22)17(23)13-30-18(24)12-14-10-15(26-2)19(28-4)16(11-14)27-3/h10-11H,5-9,12-13H2,1-4H3. The van der Waals surface area contributed by atoms with E-state index in [1.54, 1.807) is 28.9 Å². The van der Waals surface area contributed by atoms with Crippen LogP contribution in [0.3, 0.4) is 0 Å². The van der Waals surface area contributed by atoms with Gasteiger partial charge in [0, 0.05) is 26.2 Å². The quantitative estimate of drug-likeness (QED) is 0.572. The van der Waals surface area contributed by atoms with Gasteiger partial charge in [-0.2, -0.15) is 0 Å². The first-order chi connectivity index (χ1) is 14.4.